The predicted octanol–water partition coefficient (Wildman–Crippen LogP) is 2.17. The van der Waals surface area contributed by atoms with Gasteiger partial charge in [-0.15, -0.1) is 0 Å². The molecule has 0 radical (unpaired) electrons. The van der Waals surface area contributed by atoms with Gasteiger partial charge in [0.25, 0.3) is 0 Å². The molecule has 1 unspecified atom stereocenters. The molecule has 0 aliphatic carbocycles. The molecule has 0 fully saturated rings. The summed E-state index contributed by atoms with van der Waals surface area (Å²) in [6.07, 6.45) is 1.47. The Labute approximate surface area is 140 Å². The monoisotopic (exact) mass is 337 g/mol. The minimum absolute atomic E-state index is 0.00499. The highest BCUT2D eigenvalue weighted by molar-refractivity contribution is 6.32. The van der Waals surface area contributed by atoms with Crippen molar-refractivity contribution in [2.24, 2.45) is 0 Å². The van der Waals surface area contributed by atoms with Crippen LogP contribution in [-0.2, 0) is 11.3 Å². The molecule has 1 heterocycles. The lowest BCUT2D eigenvalue weighted by molar-refractivity contribution is 0.0524. The lowest BCUT2D eigenvalue weighted by Gasteiger charge is -2.14. The predicted molar refractivity (Wildman–Crippen MR) is 87.9 cm³/mol. The quantitative estimate of drug-likeness (QED) is 0.757. The number of aliphatic hydroxyl groups is 1. The number of para-hydroxylation sites is 1. The van der Waals surface area contributed by atoms with E-state index in [1.54, 1.807) is 17.7 Å². The summed E-state index contributed by atoms with van der Waals surface area (Å²) in [6.45, 7) is 4.23. The highest BCUT2D eigenvalue weighted by Gasteiger charge is 2.20. The maximum atomic E-state index is 12.1. The van der Waals surface area contributed by atoms with Crippen LogP contribution >= 0.6 is 11.6 Å². The van der Waals surface area contributed by atoms with Gasteiger partial charge in [-0.1, -0.05) is 23.7 Å². The molecule has 1 atom stereocenters. The van der Waals surface area contributed by atoms with Gasteiger partial charge in [0, 0.05) is 12.6 Å². The summed E-state index contributed by atoms with van der Waals surface area (Å²) in [5.41, 5.74) is 1.69. The molecule has 0 aliphatic heterocycles. The summed E-state index contributed by atoms with van der Waals surface area (Å²) in [5.74, 6) is -0.431. The van der Waals surface area contributed by atoms with Gasteiger partial charge in [-0.25, -0.2) is 9.48 Å². The van der Waals surface area contributed by atoms with Crippen molar-refractivity contribution in [3.8, 4) is 5.69 Å². The molecule has 23 heavy (non-hydrogen) atoms. The SMILES string of the molecule is CCOC(=O)c1cnn(-c2ccccc2Cl)c1CNC(C)CO. The smallest absolute Gasteiger partial charge is 0.341 e. The molecule has 1 aromatic carbocycles. The van der Waals surface area contributed by atoms with Gasteiger partial charge < -0.3 is 15.2 Å². The standard InChI is InChI=1S/C16H20ClN3O3/c1-3-23-16(22)12-8-19-20(14-7-5-4-6-13(14)17)15(12)9-18-11(2)10-21/h4-8,11,18,21H,3,9-10H2,1-2H3. The molecule has 0 amide bonds. The van der Waals surface area contributed by atoms with Crippen LogP contribution in [-0.4, -0.2) is 40.1 Å². The Morgan fingerprint density at radius 3 is 2.87 bits per heavy atom. The van der Waals surface area contributed by atoms with E-state index in [4.69, 9.17) is 21.4 Å². The topological polar surface area (TPSA) is 76.4 Å². The summed E-state index contributed by atoms with van der Waals surface area (Å²) in [6, 6.07) is 7.15. The summed E-state index contributed by atoms with van der Waals surface area (Å²) >= 11 is 6.23. The van der Waals surface area contributed by atoms with Gasteiger partial charge in [0.2, 0.25) is 0 Å². The van der Waals surface area contributed by atoms with E-state index in [1.807, 2.05) is 25.1 Å². The molecule has 7 heteroatoms. The molecule has 0 saturated carbocycles. The van der Waals surface area contributed by atoms with Crippen LogP contribution in [0.3, 0.4) is 0 Å². The molecular weight excluding hydrogens is 318 g/mol. The molecule has 0 saturated heterocycles. The number of halogens is 1. The van der Waals surface area contributed by atoms with Gasteiger partial charge in [0.15, 0.2) is 0 Å². The fourth-order valence-corrected chi connectivity index (χ4v) is 2.31. The zero-order valence-corrected chi connectivity index (χ0v) is 13.9. The highest BCUT2D eigenvalue weighted by atomic mass is 35.5. The molecule has 2 aromatic rings. The third kappa shape index (κ3) is 4.10. The van der Waals surface area contributed by atoms with Gasteiger partial charge in [-0.05, 0) is 26.0 Å². The lowest BCUT2D eigenvalue weighted by Crippen LogP contribution is -2.30. The Hall–Kier alpha value is -1.89. The number of hydrogen-bond donors (Lipinski definition) is 2. The second-order valence-electron chi connectivity index (χ2n) is 5.05. The van der Waals surface area contributed by atoms with Crippen LogP contribution in [0.5, 0.6) is 0 Å². The number of hydrogen-bond acceptors (Lipinski definition) is 5. The van der Waals surface area contributed by atoms with Gasteiger partial charge >= 0.3 is 5.97 Å². The molecule has 124 valence electrons. The largest absolute Gasteiger partial charge is 0.462 e. The normalized spacial score (nSPS) is 12.2. The maximum Gasteiger partial charge on any atom is 0.341 e. The summed E-state index contributed by atoms with van der Waals surface area (Å²) in [7, 11) is 0. The van der Waals surface area contributed by atoms with Crippen molar-refractivity contribution in [2.45, 2.75) is 26.4 Å². The van der Waals surface area contributed by atoms with Crippen LogP contribution in [0.4, 0.5) is 0 Å². The molecule has 2 rings (SSSR count). The lowest BCUT2D eigenvalue weighted by atomic mass is 10.2. The second kappa shape index (κ2) is 8.10. The number of aliphatic hydroxyl groups excluding tert-OH is 1. The fraction of sp³-hybridized carbons (Fsp3) is 0.375. The van der Waals surface area contributed by atoms with Crippen LogP contribution in [0.2, 0.25) is 5.02 Å². The first-order chi connectivity index (χ1) is 11.1. The van der Waals surface area contributed by atoms with Crippen molar-refractivity contribution in [2.75, 3.05) is 13.2 Å². The number of aromatic nitrogens is 2. The Morgan fingerprint density at radius 2 is 2.22 bits per heavy atom. The van der Waals surface area contributed by atoms with Crippen molar-refractivity contribution in [3.05, 3.63) is 46.7 Å². The number of esters is 1. The van der Waals surface area contributed by atoms with E-state index in [0.29, 0.717) is 28.5 Å². The Bertz CT molecular complexity index is 672. The highest BCUT2D eigenvalue weighted by Crippen LogP contribution is 2.23. The molecule has 0 spiro atoms. The third-order valence-corrected chi connectivity index (χ3v) is 3.66. The zero-order valence-electron chi connectivity index (χ0n) is 13.1. The minimum Gasteiger partial charge on any atom is -0.462 e. The summed E-state index contributed by atoms with van der Waals surface area (Å²) in [5, 5.41) is 17.1. The van der Waals surface area contributed by atoms with Crippen molar-refractivity contribution in [1.29, 1.82) is 0 Å². The van der Waals surface area contributed by atoms with Gasteiger partial charge in [0.1, 0.15) is 5.56 Å². The first-order valence-electron chi connectivity index (χ1n) is 7.41. The first kappa shape index (κ1) is 17.5. The van der Waals surface area contributed by atoms with Crippen molar-refractivity contribution in [3.63, 3.8) is 0 Å². The molecule has 1 aromatic heterocycles. The van der Waals surface area contributed by atoms with Crippen molar-refractivity contribution < 1.29 is 14.6 Å². The Kier molecular flexibility index (Phi) is 6.15. The van der Waals surface area contributed by atoms with E-state index < -0.39 is 5.97 Å². The number of rotatable bonds is 7. The maximum absolute atomic E-state index is 12.1. The molecule has 0 bridgehead atoms. The number of nitrogens with one attached hydrogen (secondary N) is 1. The molecule has 0 aliphatic rings. The van der Waals surface area contributed by atoms with Crippen LogP contribution in [0.25, 0.3) is 5.69 Å². The Balaban J connectivity index is 2.42. The zero-order chi connectivity index (χ0) is 16.8. The van der Waals surface area contributed by atoms with E-state index in [0.717, 1.165) is 0 Å². The van der Waals surface area contributed by atoms with E-state index in [-0.39, 0.29) is 19.3 Å². The Morgan fingerprint density at radius 1 is 1.48 bits per heavy atom. The second-order valence-corrected chi connectivity index (χ2v) is 5.46. The molecular formula is C16H20ClN3O3. The van der Waals surface area contributed by atoms with E-state index in [9.17, 15) is 4.79 Å². The summed E-state index contributed by atoms with van der Waals surface area (Å²) < 4.78 is 6.70. The van der Waals surface area contributed by atoms with Crippen LogP contribution < -0.4 is 5.32 Å². The van der Waals surface area contributed by atoms with Gasteiger partial charge in [0.05, 0.1) is 35.8 Å². The molecule has 2 N–H and O–H groups in total. The van der Waals surface area contributed by atoms with Gasteiger partial charge in [-0.2, -0.15) is 5.10 Å². The molecule has 6 nitrogen and oxygen atoms in total. The minimum atomic E-state index is -0.431. The van der Waals surface area contributed by atoms with Gasteiger partial charge in [-0.3, -0.25) is 0 Å². The first-order valence-corrected chi connectivity index (χ1v) is 7.79. The van der Waals surface area contributed by atoms with Crippen LogP contribution in [0, 0.1) is 0 Å². The summed E-state index contributed by atoms with van der Waals surface area (Å²) in [4.78, 5) is 12.1. The van der Waals surface area contributed by atoms with Crippen molar-refractivity contribution >= 4 is 17.6 Å². The number of carbonyl (C=O) groups excluding carboxylic acids is 1. The fourth-order valence-electron chi connectivity index (χ4n) is 2.09. The van der Waals surface area contributed by atoms with E-state index >= 15 is 0 Å². The number of ether oxygens (including phenoxy) is 1. The third-order valence-electron chi connectivity index (χ3n) is 3.34. The number of benzene rings is 1. The van der Waals surface area contributed by atoms with E-state index in [1.165, 1.54) is 6.20 Å². The van der Waals surface area contributed by atoms with Crippen LogP contribution in [0.15, 0.2) is 30.5 Å². The average Bonchev–Trinajstić information content (AvgIpc) is 2.97. The van der Waals surface area contributed by atoms with Crippen molar-refractivity contribution in [1.82, 2.24) is 15.1 Å². The number of carbonyl (C=O) groups is 1. The average molecular weight is 338 g/mol. The van der Waals surface area contributed by atoms with Crippen LogP contribution in [0.1, 0.15) is 29.9 Å². The number of nitrogens with zero attached hydrogens (tertiary/aromatic N) is 2. The van der Waals surface area contributed by atoms with E-state index in [2.05, 4.69) is 10.4 Å².